The van der Waals surface area contributed by atoms with Gasteiger partial charge in [0.25, 0.3) is 0 Å². The van der Waals surface area contributed by atoms with Crippen molar-refractivity contribution in [3.63, 3.8) is 0 Å². The van der Waals surface area contributed by atoms with E-state index < -0.39 is 27.4 Å². The smallest absolute Gasteiger partial charge is 0.244 e. The summed E-state index contributed by atoms with van der Waals surface area (Å²) in [7, 11) is -3.95. The number of rotatable bonds is 9. The molecular formula is C22H22ClFN4O4S. The molecule has 1 fully saturated rings. The maximum Gasteiger partial charge on any atom is 0.244 e. The van der Waals surface area contributed by atoms with Gasteiger partial charge in [-0.05, 0) is 37.3 Å². The van der Waals surface area contributed by atoms with E-state index in [-0.39, 0.29) is 46.5 Å². The topological polar surface area (TPSA) is 126 Å². The molecule has 11 heteroatoms. The van der Waals surface area contributed by atoms with E-state index in [0.717, 1.165) is 6.07 Å². The Hall–Kier alpha value is -2.73. The Morgan fingerprint density at radius 1 is 1.24 bits per heavy atom. The average molecular weight is 493 g/mol. The quantitative estimate of drug-likeness (QED) is 0.549. The number of hydrogen-bond donors (Lipinski definition) is 2. The summed E-state index contributed by atoms with van der Waals surface area (Å²) in [5.41, 5.74) is -0.796. The van der Waals surface area contributed by atoms with E-state index in [9.17, 15) is 23.2 Å². The van der Waals surface area contributed by atoms with Crippen LogP contribution in [0.15, 0.2) is 41.3 Å². The number of nitrogens with one attached hydrogen (secondary N) is 1. The summed E-state index contributed by atoms with van der Waals surface area (Å²) in [6.45, 7) is 2.52. The molecule has 0 radical (unpaired) electrons. The predicted octanol–water partition coefficient (Wildman–Crippen LogP) is 2.26. The van der Waals surface area contributed by atoms with Crippen molar-refractivity contribution in [2.45, 2.75) is 17.9 Å². The van der Waals surface area contributed by atoms with E-state index in [2.05, 4.69) is 5.32 Å². The van der Waals surface area contributed by atoms with Crippen molar-refractivity contribution in [1.82, 2.24) is 9.62 Å². The first-order chi connectivity index (χ1) is 15.6. The maximum atomic E-state index is 13.9. The first kappa shape index (κ1) is 24.9. The number of sulfonamides is 1. The van der Waals surface area contributed by atoms with Crippen LogP contribution in [-0.2, 0) is 10.0 Å². The van der Waals surface area contributed by atoms with Crippen molar-refractivity contribution in [1.29, 1.82) is 10.5 Å². The molecule has 174 valence electrons. The van der Waals surface area contributed by atoms with E-state index in [1.807, 2.05) is 6.07 Å². The van der Waals surface area contributed by atoms with Gasteiger partial charge in [0.05, 0.1) is 23.8 Å². The lowest BCUT2D eigenvalue weighted by Crippen LogP contribution is -2.64. The summed E-state index contributed by atoms with van der Waals surface area (Å²) in [6, 6.07) is 11.5. The fourth-order valence-electron chi connectivity index (χ4n) is 3.54. The van der Waals surface area contributed by atoms with Gasteiger partial charge >= 0.3 is 0 Å². The number of ether oxygens (including phenoxy) is 1. The Morgan fingerprint density at radius 3 is 2.55 bits per heavy atom. The van der Waals surface area contributed by atoms with Gasteiger partial charge in [0, 0.05) is 42.7 Å². The summed E-state index contributed by atoms with van der Waals surface area (Å²) < 4.78 is 47.1. The van der Waals surface area contributed by atoms with Gasteiger partial charge < -0.3 is 15.2 Å². The number of aliphatic hydroxyl groups is 1. The Bertz CT molecular complexity index is 1220. The zero-order valence-electron chi connectivity index (χ0n) is 17.8. The Kier molecular flexibility index (Phi) is 7.58. The molecule has 1 aliphatic heterocycles. The van der Waals surface area contributed by atoms with Crippen molar-refractivity contribution in [3.05, 3.63) is 58.4 Å². The molecule has 0 amide bonds. The van der Waals surface area contributed by atoms with Crippen LogP contribution in [0.3, 0.4) is 0 Å². The monoisotopic (exact) mass is 492 g/mol. The largest absolute Gasteiger partial charge is 0.493 e. The number of benzene rings is 2. The predicted molar refractivity (Wildman–Crippen MR) is 119 cm³/mol. The number of halogens is 2. The molecule has 1 saturated heterocycles. The van der Waals surface area contributed by atoms with Crippen LogP contribution in [0.4, 0.5) is 4.39 Å². The molecule has 0 saturated carbocycles. The average Bonchev–Trinajstić information content (AvgIpc) is 2.74. The van der Waals surface area contributed by atoms with Crippen molar-refractivity contribution >= 4 is 21.6 Å². The van der Waals surface area contributed by atoms with Gasteiger partial charge in [-0.1, -0.05) is 11.6 Å². The fourth-order valence-corrected chi connectivity index (χ4v) is 5.50. The summed E-state index contributed by atoms with van der Waals surface area (Å²) in [6.07, 6.45) is -0.595. The second kappa shape index (κ2) is 10.0. The van der Waals surface area contributed by atoms with Crippen molar-refractivity contribution in [2.24, 2.45) is 5.41 Å². The SMILES string of the molecule is CC(O)CNCC1(COc2ccc(C#N)c(F)c2)CN(S(=O)(=O)c2ccc(Cl)cc2C#N)C1. The van der Waals surface area contributed by atoms with Gasteiger partial charge in [-0.3, -0.25) is 0 Å². The first-order valence-corrected chi connectivity index (χ1v) is 11.8. The van der Waals surface area contributed by atoms with Crippen LogP contribution in [0.25, 0.3) is 0 Å². The standard InChI is InChI=1S/C22H22ClFN4O4S/c1-15(29)10-27-11-22(14-32-19-4-2-16(8-25)20(24)7-19)12-28(13-22)33(30,31)21-5-3-18(23)6-17(21)9-26/h2-7,15,27,29H,10-14H2,1H3. The Labute approximate surface area is 196 Å². The lowest BCUT2D eigenvalue weighted by Gasteiger charge is -2.49. The molecular weight excluding hydrogens is 471 g/mol. The van der Waals surface area contributed by atoms with Crippen molar-refractivity contribution in [2.75, 3.05) is 32.8 Å². The highest BCUT2D eigenvalue weighted by Gasteiger charge is 2.49. The third-order valence-corrected chi connectivity index (χ3v) is 7.33. The number of hydrogen-bond acceptors (Lipinski definition) is 7. The van der Waals surface area contributed by atoms with E-state index in [1.165, 1.54) is 34.6 Å². The van der Waals surface area contributed by atoms with Crippen LogP contribution in [0.1, 0.15) is 18.1 Å². The lowest BCUT2D eigenvalue weighted by atomic mass is 9.82. The highest BCUT2D eigenvalue weighted by atomic mass is 35.5. The van der Waals surface area contributed by atoms with Crippen LogP contribution in [-0.4, -0.2) is 56.7 Å². The van der Waals surface area contributed by atoms with Gasteiger partial charge in [-0.15, -0.1) is 0 Å². The van der Waals surface area contributed by atoms with Gasteiger partial charge in [0.15, 0.2) is 0 Å². The molecule has 1 aliphatic rings. The minimum atomic E-state index is -3.95. The molecule has 0 spiro atoms. The zero-order chi connectivity index (χ0) is 24.2. The molecule has 0 bridgehead atoms. The van der Waals surface area contributed by atoms with Crippen LogP contribution in [0.2, 0.25) is 5.02 Å². The molecule has 3 rings (SSSR count). The molecule has 2 N–H and O–H groups in total. The van der Waals surface area contributed by atoms with Gasteiger partial charge in [-0.2, -0.15) is 14.8 Å². The molecule has 8 nitrogen and oxygen atoms in total. The van der Waals surface area contributed by atoms with Crippen LogP contribution in [0, 0.1) is 33.9 Å². The Morgan fingerprint density at radius 2 is 1.94 bits per heavy atom. The highest BCUT2D eigenvalue weighted by Crippen LogP contribution is 2.36. The van der Waals surface area contributed by atoms with Gasteiger partial charge in [-0.25, -0.2) is 12.8 Å². The Balaban J connectivity index is 1.77. The highest BCUT2D eigenvalue weighted by molar-refractivity contribution is 7.89. The summed E-state index contributed by atoms with van der Waals surface area (Å²) in [4.78, 5) is -0.130. The normalized spacial score (nSPS) is 16.3. The minimum absolute atomic E-state index is 0.0449. The molecule has 2 aromatic carbocycles. The van der Waals surface area contributed by atoms with Gasteiger partial charge in [0.2, 0.25) is 10.0 Å². The fraction of sp³-hybridized carbons (Fsp3) is 0.364. The molecule has 33 heavy (non-hydrogen) atoms. The summed E-state index contributed by atoms with van der Waals surface area (Å²) in [5, 5.41) is 31.1. The van der Waals surface area contributed by atoms with Crippen LogP contribution >= 0.6 is 11.6 Å². The molecule has 1 unspecified atom stereocenters. The second-order valence-corrected chi connectivity index (χ2v) is 10.4. The molecule has 2 aromatic rings. The molecule has 0 aliphatic carbocycles. The summed E-state index contributed by atoms with van der Waals surface area (Å²) >= 11 is 5.88. The van der Waals surface area contributed by atoms with E-state index in [1.54, 1.807) is 13.0 Å². The minimum Gasteiger partial charge on any atom is -0.493 e. The third kappa shape index (κ3) is 5.61. The number of aliphatic hydroxyl groups excluding tert-OH is 1. The molecule has 0 aromatic heterocycles. The third-order valence-electron chi connectivity index (χ3n) is 5.25. The van der Waals surface area contributed by atoms with Crippen LogP contribution < -0.4 is 10.1 Å². The molecule has 1 atom stereocenters. The summed E-state index contributed by atoms with van der Waals surface area (Å²) in [5.74, 6) is -0.493. The van der Waals surface area contributed by atoms with Crippen molar-refractivity contribution < 1.29 is 22.7 Å². The van der Waals surface area contributed by atoms with Crippen molar-refractivity contribution in [3.8, 4) is 17.9 Å². The van der Waals surface area contributed by atoms with E-state index in [4.69, 9.17) is 21.6 Å². The number of nitriles is 2. The van der Waals surface area contributed by atoms with E-state index in [0.29, 0.717) is 13.1 Å². The lowest BCUT2D eigenvalue weighted by molar-refractivity contribution is 0.0172. The first-order valence-electron chi connectivity index (χ1n) is 10.0. The van der Waals surface area contributed by atoms with Crippen LogP contribution in [0.5, 0.6) is 5.75 Å². The zero-order valence-corrected chi connectivity index (χ0v) is 19.3. The van der Waals surface area contributed by atoms with E-state index >= 15 is 0 Å². The second-order valence-electron chi connectivity index (χ2n) is 8.05. The molecule has 1 heterocycles. The number of nitrogens with zero attached hydrogens (tertiary/aromatic N) is 3. The maximum absolute atomic E-state index is 13.9. The van der Waals surface area contributed by atoms with Gasteiger partial charge in [0.1, 0.15) is 28.6 Å².